The number of aromatic nitrogens is 1. The second-order valence-electron chi connectivity index (χ2n) is 5.62. The van der Waals surface area contributed by atoms with Crippen LogP contribution in [0.2, 0.25) is 0 Å². The molecule has 0 aliphatic carbocycles. The predicted molar refractivity (Wildman–Crippen MR) is 86.8 cm³/mol. The molecule has 0 N–H and O–H groups in total. The molecular formula is C18H17NO4. The number of aryl methyl sites for hydroxylation is 3. The quantitative estimate of drug-likeness (QED) is 0.551. The molecule has 0 aliphatic rings. The van der Waals surface area contributed by atoms with Gasteiger partial charge in [-0.2, -0.15) is 0 Å². The summed E-state index contributed by atoms with van der Waals surface area (Å²) in [6, 6.07) is 10.9. The van der Waals surface area contributed by atoms with Crippen molar-refractivity contribution in [1.82, 2.24) is 4.57 Å². The lowest BCUT2D eigenvalue weighted by Gasteiger charge is -2.11. The second kappa shape index (κ2) is 5.76. The number of hydrogen-bond acceptors (Lipinski definition) is 4. The highest BCUT2D eigenvalue weighted by atomic mass is 16.5. The number of carbonyl (C=O) groups is 1. The molecule has 118 valence electrons. The molecule has 0 saturated heterocycles. The van der Waals surface area contributed by atoms with E-state index in [1.807, 2.05) is 32.9 Å². The highest BCUT2D eigenvalue weighted by molar-refractivity contribution is 5.78. The molecule has 0 atom stereocenters. The minimum absolute atomic E-state index is 0.192. The normalized spacial score (nSPS) is 10.9. The van der Waals surface area contributed by atoms with Crippen molar-refractivity contribution in [2.75, 3.05) is 0 Å². The maximum absolute atomic E-state index is 12.2. The molecule has 23 heavy (non-hydrogen) atoms. The van der Waals surface area contributed by atoms with E-state index in [9.17, 15) is 9.59 Å². The monoisotopic (exact) mass is 311 g/mol. The molecule has 0 bridgehead atoms. The largest absolute Gasteiger partial charge is 0.425 e. The standard InChI is InChI=1S/C18H17NO4/c1-11-8-12(2)17(13(3)9-11)23-16(20)10-19-14-6-4-5-7-15(14)22-18(19)21/h4-9H,10H2,1-3H3. The molecule has 0 radical (unpaired) electrons. The molecule has 5 heteroatoms. The molecule has 0 saturated carbocycles. The van der Waals surface area contributed by atoms with Crippen LogP contribution in [0.25, 0.3) is 11.1 Å². The fraction of sp³-hybridized carbons (Fsp3) is 0.222. The summed E-state index contributed by atoms with van der Waals surface area (Å²) in [5, 5.41) is 0. The van der Waals surface area contributed by atoms with Crippen molar-refractivity contribution in [3.63, 3.8) is 0 Å². The lowest BCUT2D eigenvalue weighted by atomic mass is 10.1. The molecule has 5 nitrogen and oxygen atoms in total. The Morgan fingerprint density at radius 3 is 2.48 bits per heavy atom. The van der Waals surface area contributed by atoms with Gasteiger partial charge in [-0.15, -0.1) is 0 Å². The van der Waals surface area contributed by atoms with Gasteiger partial charge in [-0.05, 0) is 44.0 Å². The van der Waals surface area contributed by atoms with Gasteiger partial charge in [0.25, 0.3) is 0 Å². The van der Waals surface area contributed by atoms with Crippen LogP contribution in [-0.4, -0.2) is 10.5 Å². The van der Waals surface area contributed by atoms with Crippen molar-refractivity contribution >= 4 is 17.1 Å². The molecular weight excluding hydrogens is 294 g/mol. The Morgan fingerprint density at radius 1 is 1.13 bits per heavy atom. The number of ether oxygens (including phenoxy) is 1. The van der Waals surface area contributed by atoms with Crippen molar-refractivity contribution in [3.8, 4) is 5.75 Å². The number of esters is 1. The summed E-state index contributed by atoms with van der Waals surface area (Å²) in [5.74, 6) is -0.532. The summed E-state index contributed by atoms with van der Waals surface area (Å²) in [4.78, 5) is 24.1. The third kappa shape index (κ3) is 2.90. The number of fused-ring (bicyclic) bond motifs is 1. The minimum Gasteiger partial charge on any atom is -0.425 e. The molecule has 3 aromatic rings. The summed E-state index contributed by atoms with van der Waals surface area (Å²) in [6.07, 6.45) is 0. The maximum Gasteiger partial charge on any atom is 0.420 e. The fourth-order valence-corrected chi connectivity index (χ4v) is 2.77. The van der Waals surface area contributed by atoms with E-state index in [0.717, 1.165) is 16.7 Å². The van der Waals surface area contributed by atoms with Gasteiger partial charge in [0.05, 0.1) is 5.52 Å². The number of nitrogens with zero attached hydrogens (tertiary/aromatic N) is 1. The van der Waals surface area contributed by atoms with E-state index in [1.54, 1.807) is 24.3 Å². The third-order valence-corrected chi connectivity index (χ3v) is 3.68. The van der Waals surface area contributed by atoms with Gasteiger partial charge in [-0.3, -0.25) is 4.57 Å². The van der Waals surface area contributed by atoms with Gasteiger partial charge in [-0.1, -0.05) is 29.8 Å². The zero-order valence-electron chi connectivity index (χ0n) is 13.3. The highest BCUT2D eigenvalue weighted by Gasteiger charge is 2.15. The zero-order chi connectivity index (χ0) is 16.6. The first-order valence-electron chi connectivity index (χ1n) is 7.32. The average molecular weight is 311 g/mol. The van der Waals surface area contributed by atoms with E-state index >= 15 is 0 Å². The van der Waals surface area contributed by atoms with Crippen LogP contribution in [0.15, 0.2) is 45.6 Å². The Kier molecular flexibility index (Phi) is 3.78. The predicted octanol–water partition coefficient (Wildman–Crippen LogP) is 3.13. The van der Waals surface area contributed by atoms with Crippen LogP contribution in [0.3, 0.4) is 0 Å². The van der Waals surface area contributed by atoms with Crippen LogP contribution >= 0.6 is 0 Å². The molecule has 0 unspecified atom stereocenters. The number of benzene rings is 2. The Morgan fingerprint density at radius 2 is 1.78 bits per heavy atom. The zero-order valence-corrected chi connectivity index (χ0v) is 13.3. The van der Waals surface area contributed by atoms with Crippen LogP contribution < -0.4 is 10.5 Å². The lowest BCUT2D eigenvalue weighted by molar-refractivity contribution is -0.135. The van der Waals surface area contributed by atoms with Gasteiger partial charge < -0.3 is 9.15 Å². The SMILES string of the molecule is Cc1cc(C)c(OC(=O)Cn2c(=O)oc3ccccc32)c(C)c1. The number of carbonyl (C=O) groups excluding carboxylic acids is 1. The first kappa shape index (κ1) is 15.1. The van der Waals surface area contributed by atoms with Gasteiger partial charge in [0.2, 0.25) is 0 Å². The Labute approximate surface area is 133 Å². The van der Waals surface area contributed by atoms with Crippen molar-refractivity contribution < 1.29 is 13.9 Å². The first-order valence-corrected chi connectivity index (χ1v) is 7.32. The Bertz CT molecular complexity index is 926. The first-order chi connectivity index (χ1) is 11.0. The summed E-state index contributed by atoms with van der Waals surface area (Å²) >= 11 is 0. The van der Waals surface area contributed by atoms with Gasteiger partial charge >= 0.3 is 11.7 Å². The summed E-state index contributed by atoms with van der Waals surface area (Å²) in [5.41, 5.74) is 3.91. The number of rotatable bonds is 3. The lowest BCUT2D eigenvalue weighted by Crippen LogP contribution is -2.23. The van der Waals surface area contributed by atoms with Crippen LogP contribution in [0, 0.1) is 20.8 Å². The van der Waals surface area contributed by atoms with Gasteiger partial charge in [0.1, 0.15) is 12.3 Å². The third-order valence-electron chi connectivity index (χ3n) is 3.68. The molecule has 1 heterocycles. The second-order valence-corrected chi connectivity index (χ2v) is 5.62. The van der Waals surface area contributed by atoms with Crippen LogP contribution in [0.4, 0.5) is 0 Å². The molecule has 0 aliphatic heterocycles. The molecule has 0 amide bonds. The van der Waals surface area contributed by atoms with Crippen molar-refractivity contribution in [3.05, 3.63) is 63.6 Å². The van der Waals surface area contributed by atoms with Crippen LogP contribution in [-0.2, 0) is 11.3 Å². The number of para-hydroxylation sites is 2. The smallest absolute Gasteiger partial charge is 0.420 e. The fourth-order valence-electron chi connectivity index (χ4n) is 2.77. The molecule has 0 fully saturated rings. The van der Waals surface area contributed by atoms with Gasteiger partial charge in [0.15, 0.2) is 5.58 Å². The summed E-state index contributed by atoms with van der Waals surface area (Å²) in [7, 11) is 0. The summed E-state index contributed by atoms with van der Waals surface area (Å²) < 4.78 is 11.9. The van der Waals surface area contributed by atoms with Crippen molar-refractivity contribution in [2.45, 2.75) is 27.3 Å². The molecule has 0 spiro atoms. The van der Waals surface area contributed by atoms with E-state index < -0.39 is 11.7 Å². The topological polar surface area (TPSA) is 61.4 Å². The van der Waals surface area contributed by atoms with Crippen molar-refractivity contribution in [2.24, 2.45) is 0 Å². The molecule has 2 aromatic carbocycles. The van der Waals surface area contributed by atoms with Crippen LogP contribution in [0.1, 0.15) is 16.7 Å². The number of hydrogen-bond donors (Lipinski definition) is 0. The van der Waals surface area contributed by atoms with Gasteiger partial charge in [-0.25, -0.2) is 9.59 Å². The van der Waals surface area contributed by atoms with Gasteiger partial charge in [0, 0.05) is 0 Å². The van der Waals surface area contributed by atoms with E-state index in [2.05, 4.69) is 0 Å². The molecule has 1 aromatic heterocycles. The maximum atomic E-state index is 12.2. The van der Waals surface area contributed by atoms with Crippen molar-refractivity contribution in [1.29, 1.82) is 0 Å². The van der Waals surface area contributed by atoms with E-state index in [1.165, 1.54) is 4.57 Å². The van der Waals surface area contributed by atoms with E-state index in [0.29, 0.717) is 16.8 Å². The molecule has 3 rings (SSSR count). The minimum atomic E-state index is -0.569. The van der Waals surface area contributed by atoms with E-state index in [4.69, 9.17) is 9.15 Å². The Balaban J connectivity index is 1.88. The Hall–Kier alpha value is -2.82. The number of oxazole rings is 1. The summed E-state index contributed by atoms with van der Waals surface area (Å²) in [6.45, 7) is 5.58. The highest BCUT2D eigenvalue weighted by Crippen LogP contribution is 2.24. The van der Waals surface area contributed by atoms with Crippen LogP contribution in [0.5, 0.6) is 5.75 Å². The average Bonchev–Trinajstić information content (AvgIpc) is 2.79. The van der Waals surface area contributed by atoms with E-state index in [-0.39, 0.29) is 6.54 Å².